The number of hydrogen-bond donors (Lipinski definition) is 2. The second kappa shape index (κ2) is 7.41. The van der Waals surface area contributed by atoms with Gasteiger partial charge in [0.05, 0.1) is 12.2 Å². The molecule has 0 aromatic heterocycles. The molecule has 0 fully saturated rings. The lowest BCUT2D eigenvalue weighted by Crippen LogP contribution is -2.04. The molecular weight excluding hydrogens is 335 g/mol. The highest BCUT2D eigenvalue weighted by atomic mass is 79.9. The van der Waals surface area contributed by atoms with Crippen molar-refractivity contribution in [3.8, 4) is 0 Å². The molecule has 1 aromatic carbocycles. The van der Waals surface area contributed by atoms with Crippen LogP contribution in [0.2, 0.25) is 0 Å². The van der Waals surface area contributed by atoms with Gasteiger partial charge in [0.1, 0.15) is 5.82 Å². The van der Waals surface area contributed by atoms with Crippen LogP contribution in [0.15, 0.2) is 22.7 Å². The maximum Gasteiger partial charge on any atom is 0.394 e. The number of ether oxygens (including phenoxy) is 1. The summed E-state index contributed by atoms with van der Waals surface area (Å²) in [7, 11) is -4.67. The van der Waals surface area contributed by atoms with Crippen molar-refractivity contribution < 1.29 is 31.4 Å². The summed E-state index contributed by atoms with van der Waals surface area (Å²) in [5.74, 6) is -0.972. The summed E-state index contributed by atoms with van der Waals surface area (Å²) in [4.78, 5) is 11.1. The van der Waals surface area contributed by atoms with Gasteiger partial charge in [0.25, 0.3) is 0 Å². The lowest BCUT2D eigenvalue weighted by molar-refractivity contribution is 0.0525. The van der Waals surface area contributed by atoms with E-state index < -0.39 is 22.2 Å². The summed E-state index contributed by atoms with van der Waals surface area (Å²) in [5.41, 5.74) is 0.216. The maximum atomic E-state index is 12.8. The largest absolute Gasteiger partial charge is 0.462 e. The molecular formula is C9H10BrFO6S. The second-order valence-corrected chi connectivity index (χ2v) is 4.64. The van der Waals surface area contributed by atoms with Crippen molar-refractivity contribution >= 4 is 32.3 Å². The van der Waals surface area contributed by atoms with Crippen LogP contribution in [0.1, 0.15) is 17.3 Å². The van der Waals surface area contributed by atoms with E-state index in [0.29, 0.717) is 4.47 Å². The van der Waals surface area contributed by atoms with Crippen molar-refractivity contribution in [2.24, 2.45) is 0 Å². The molecule has 102 valence electrons. The third kappa shape index (κ3) is 9.05. The number of rotatable bonds is 2. The summed E-state index contributed by atoms with van der Waals surface area (Å²) in [6, 6.07) is 3.94. The van der Waals surface area contributed by atoms with Gasteiger partial charge in [-0.1, -0.05) is 15.9 Å². The molecule has 1 rings (SSSR count). The lowest BCUT2D eigenvalue weighted by atomic mass is 10.2. The Morgan fingerprint density at radius 1 is 1.39 bits per heavy atom. The van der Waals surface area contributed by atoms with E-state index >= 15 is 0 Å². The Morgan fingerprint density at radius 3 is 2.28 bits per heavy atom. The summed E-state index contributed by atoms with van der Waals surface area (Å²) < 4.78 is 49.6. The molecule has 0 radical (unpaired) electrons. The zero-order chi connectivity index (χ0) is 14.3. The predicted molar refractivity (Wildman–Crippen MR) is 64.2 cm³/mol. The number of benzene rings is 1. The van der Waals surface area contributed by atoms with Crippen LogP contribution in [-0.4, -0.2) is 30.1 Å². The van der Waals surface area contributed by atoms with Crippen LogP contribution in [-0.2, 0) is 15.1 Å². The van der Waals surface area contributed by atoms with Gasteiger partial charge in [-0.3, -0.25) is 9.11 Å². The quantitative estimate of drug-likeness (QED) is 0.629. The molecule has 0 aliphatic rings. The van der Waals surface area contributed by atoms with E-state index in [1.54, 1.807) is 6.92 Å². The molecule has 2 N–H and O–H groups in total. The minimum atomic E-state index is -4.67. The minimum absolute atomic E-state index is 0.216. The fraction of sp³-hybridized carbons (Fsp3) is 0.222. The van der Waals surface area contributed by atoms with E-state index in [9.17, 15) is 9.18 Å². The average molecular weight is 345 g/mol. The van der Waals surface area contributed by atoms with Crippen LogP contribution in [0.4, 0.5) is 4.39 Å². The monoisotopic (exact) mass is 344 g/mol. The summed E-state index contributed by atoms with van der Waals surface area (Å²) in [5, 5.41) is 0. The maximum absolute atomic E-state index is 12.8. The molecule has 0 heterocycles. The molecule has 9 heteroatoms. The van der Waals surface area contributed by atoms with Gasteiger partial charge in [0, 0.05) is 4.47 Å². The minimum Gasteiger partial charge on any atom is -0.462 e. The molecule has 0 bridgehead atoms. The molecule has 0 atom stereocenters. The Balaban J connectivity index is 0.000000494. The van der Waals surface area contributed by atoms with Crippen LogP contribution in [0.25, 0.3) is 0 Å². The van der Waals surface area contributed by atoms with E-state index in [1.807, 2.05) is 0 Å². The van der Waals surface area contributed by atoms with Gasteiger partial charge in [-0.25, -0.2) is 9.18 Å². The van der Waals surface area contributed by atoms with Gasteiger partial charge < -0.3 is 4.74 Å². The Morgan fingerprint density at radius 2 is 1.89 bits per heavy atom. The zero-order valence-electron chi connectivity index (χ0n) is 9.13. The van der Waals surface area contributed by atoms with E-state index in [4.69, 9.17) is 22.3 Å². The van der Waals surface area contributed by atoms with E-state index in [2.05, 4.69) is 15.9 Å². The van der Waals surface area contributed by atoms with Crippen molar-refractivity contribution in [1.82, 2.24) is 0 Å². The van der Waals surface area contributed by atoms with Gasteiger partial charge in [-0.2, -0.15) is 8.42 Å². The van der Waals surface area contributed by atoms with Crippen molar-refractivity contribution in [3.63, 3.8) is 0 Å². The number of carbonyl (C=O) groups is 1. The number of carbonyl (C=O) groups excluding carboxylic acids is 1. The first-order chi connectivity index (χ1) is 8.13. The third-order valence-electron chi connectivity index (χ3n) is 1.37. The van der Waals surface area contributed by atoms with Crippen LogP contribution < -0.4 is 0 Å². The molecule has 1 aromatic rings. The van der Waals surface area contributed by atoms with Crippen LogP contribution in [0.5, 0.6) is 0 Å². The Bertz CT molecular complexity index is 488. The molecule has 0 aliphatic carbocycles. The highest BCUT2D eigenvalue weighted by molar-refractivity contribution is 9.10. The number of halogens is 2. The molecule has 0 unspecified atom stereocenters. The van der Waals surface area contributed by atoms with Crippen LogP contribution in [0.3, 0.4) is 0 Å². The van der Waals surface area contributed by atoms with Gasteiger partial charge in [0.2, 0.25) is 0 Å². The van der Waals surface area contributed by atoms with E-state index in [-0.39, 0.29) is 12.2 Å². The first kappa shape index (κ1) is 17.0. The molecule has 0 amide bonds. The fourth-order valence-corrected chi connectivity index (χ4v) is 1.35. The predicted octanol–water partition coefficient (Wildman–Crippen LogP) is 2.11. The molecule has 18 heavy (non-hydrogen) atoms. The number of esters is 1. The third-order valence-corrected chi connectivity index (χ3v) is 1.83. The van der Waals surface area contributed by atoms with Crippen molar-refractivity contribution in [2.75, 3.05) is 6.61 Å². The fourth-order valence-electron chi connectivity index (χ4n) is 0.886. The molecule has 0 saturated heterocycles. The van der Waals surface area contributed by atoms with Crippen molar-refractivity contribution in [1.29, 1.82) is 0 Å². The molecule has 0 aliphatic heterocycles. The average Bonchev–Trinajstić information content (AvgIpc) is 2.13. The first-order valence-electron chi connectivity index (χ1n) is 4.46. The Hall–Kier alpha value is -1.03. The Labute approximate surface area is 111 Å². The zero-order valence-corrected chi connectivity index (χ0v) is 11.5. The van der Waals surface area contributed by atoms with E-state index in [0.717, 1.165) is 6.07 Å². The van der Waals surface area contributed by atoms with Crippen molar-refractivity contribution in [2.45, 2.75) is 6.92 Å². The van der Waals surface area contributed by atoms with Gasteiger partial charge in [-0.05, 0) is 25.1 Å². The molecule has 0 spiro atoms. The summed E-state index contributed by atoms with van der Waals surface area (Å²) in [6.07, 6.45) is 0. The number of hydrogen-bond acceptors (Lipinski definition) is 4. The normalized spacial score (nSPS) is 10.3. The first-order valence-corrected chi connectivity index (χ1v) is 6.65. The molecule has 6 nitrogen and oxygen atoms in total. The highest BCUT2D eigenvalue weighted by Gasteiger charge is 2.08. The standard InChI is InChI=1S/C9H8BrFO2.H2O4S/c1-2-13-9(12)6-3-7(10)5-8(11)4-6;1-5(2,3)4/h3-5H,2H2,1H3;(H2,1,2,3,4). The smallest absolute Gasteiger partial charge is 0.394 e. The second-order valence-electron chi connectivity index (χ2n) is 2.83. The van der Waals surface area contributed by atoms with E-state index in [1.165, 1.54) is 12.1 Å². The van der Waals surface area contributed by atoms with Crippen LogP contribution in [0, 0.1) is 5.82 Å². The van der Waals surface area contributed by atoms with Gasteiger partial charge in [0.15, 0.2) is 0 Å². The van der Waals surface area contributed by atoms with Gasteiger partial charge in [-0.15, -0.1) is 0 Å². The SMILES string of the molecule is CCOC(=O)c1cc(F)cc(Br)c1.O=S(=O)(O)O. The topological polar surface area (TPSA) is 101 Å². The lowest BCUT2D eigenvalue weighted by Gasteiger charge is -2.01. The van der Waals surface area contributed by atoms with Crippen LogP contribution >= 0.6 is 15.9 Å². The van der Waals surface area contributed by atoms with Crippen molar-refractivity contribution in [3.05, 3.63) is 34.1 Å². The summed E-state index contributed by atoms with van der Waals surface area (Å²) in [6.45, 7) is 1.99. The van der Waals surface area contributed by atoms with Gasteiger partial charge >= 0.3 is 16.4 Å². The molecule has 0 saturated carbocycles. The summed E-state index contributed by atoms with van der Waals surface area (Å²) >= 11 is 3.08. The Kier molecular flexibility index (Phi) is 6.99. The highest BCUT2D eigenvalue weighted by Crippen LogP contribution is 2.15.